The van der Waals surface area contributed by atoms with Crippen LogP contribution in [-0.2, 0) is 19.4 Å². The first-order chi connectivity index (χ1) is 17.1. The van der Waals surface area contributed by atoms with E-state index in [2.05, 4.69) is 21.4 Å². The fourth-order valence-corrected chi connectivity index (χ4v) is 4.44. The van der Waals surface area contributed by atoms with E-state index in [0.717, 1.165) is 48.1 Å². The van der Waals surface area contributed by atoms with Gasteiger partial charge in [-0.3, -0.25) is 9.36 Å². The second-order valence-electron chi connectivity index (χ2n) is 8.83. The number of aryl methyl sites for hydroxylation is 1. The van der Waals surface area contributed by atoms with Gasteiger partial charge in [-0.25, -0.2) is 9.78 Å². The highest BCUT2D eigenvalue weighted by molar-refractivity contribution is 5.99. The summed E-state index contributed by atoms with van der Waals surface area (Å²) < 4.78 is 7.80. The summed E-state index contributed by atoms with van der Waals surface area (Å²) in [5.41, 5.74) is 2.86. The van der Waals surface area contributed by atoms with E-state index in [0.29, 0.717) is 30.2 Å². The minimum absolute atomic E-state index is 0.0512. The Morgan fingerprint density at radius 1 is 1.11 bits per heavy atom. The van der Waals surface area contributed by atoms with Crippen molar-refractivity contribution in [3.05, 3.63) is 77.7 Å². The zero-order chi connectivity index (χ0) is 24.2. The van der Waals surface area contributed by atoms with Crippen molar-refractivity contribution in [1.29, 1.82) is 0 Å². The molecule has 0 fully saturated rings. The lowest BCUT2D eigenvalue weighted by atomic mass is 10.1. The molecule has 35 heavy (non-hydrogen) atoms. The van der Waals surface area contributed by atoms with E-state index in [1.54, 1.807) is 24.1 Å². The highest BCUT2D eigenvalue weighted by Gasteiger charge is 2.25. The van der Waals surface area contributed by atoms with Crippen LogP contribution in [0.3, 0.4) is 0 Å². The molecule has 8 heteroatoms. The second kappa shape index (κ2) is 10.0. The quantitative estimate of drug-likeness (QED) is 0.365. The zero-order valence-electron chi connectivity index (χ0n) is 19.8. The van der Waals surface area contributed by atoms with Crippen LogP contribution in [0.15, 0.2) is 60.8 Å². The number of aromatic nitrogens is 3. The first kappa shape index (κ1) is 22.7. The predicted molar refractivity (Wildman–Crippen MR) is 135 cm³/mol. The first-order valence-corrected chi connectivity index (χ1v) is 12.0. The standard InChI is InChI=1S/C27H29N5O3/c1-31(16-14-20-17-28-22-12-6-5-11-21(20)22)27(34)35-26-25(30-24-13-7-8-15-32(24)26)29-18-23(33)19-9-3-2-4-10-19/h2-6,9-12,17,28-29H,7-8,13-16,18H2,1H3. The van der Waals surface area contributed by atoms with Gasteiger partial charge in [0.05, 0.1) is 6.54 Å². The molecule has 2 aromatic heterocycles. The summed E-state index contributed by atoms with van der Waals surface area (Å²) in [5, 5.41) is 4.27. The van der Waals surface area contributed by atoms with Crippen LogP contribution in [0.5, 0.6) is 5.88 Å². The van der Waals surface area contributed by atoms with Gasteiger partial charge < -0.3 is 19.9 Å². The molecule has 0 spiro atoms. The van der Waals surface area contributed by atoms with Gasteiger partial charge in [0.15, 0.2) is 11.6 Å². The number of aromatic amines is 1. The average molecular weight is 472 g/mol. The maximum absolute atomic E-state index is 13.0. The number of anilines is 1. The van der Waals surface area contributed by atoms with Crippen molar-refractivity contribution in [2.45, 2.75) is 32.2 Å². The second-order valence-corrected chi connectivity index (χ2v) is 8.83. The Morgan fingerprint density at radius 2 is 1.91 bits per heavy atom. The normalized spacial score (nSPS) is 12.8. The molecule has 0 saturated heterocycles. The molecule has 0 saturated carbocycles. The number of Topliss-reactive ketones (excluding diaryl/α,β-unsaturated/α-hetero) is 1. The summed E-state index contributed by atoms with van der Waals surface area (Å²) in [6.45, 7) is 1.32. The van der Waals surface area contributed by atoms with Crippen LogP contribution in [0.25, 0.3) is 10.9 Å². The predicted octanol–water partition coefficient (Wildman–Crippen LogP) is 4.67. The van der Waals surface area contributed by atoms with Gasteiger partial charge in [0.1, 0.15) is 5.82 Å². The number of nitrogens with one attached hydrogen (secondary N) is 2. The summed E-state index contributed by atoms with van der Waals surface area (Å²) >= 11 is 0. The summed E-state index contributed by atoms with van der Waals surface area (Å²) in [6.07, 6.45) is 5.09. The van der Waals surface area contributed by atoms with E-state index in [1.165, 1.54) is 0 Å². The Balaban J connectivity index is 1.27. The molecule has 4 aromatic rings. The van der Waals surface area contributed by atoms with Gasteiger partial charge >= 0.3 is 6.09 Å². The van der Waals surface area contributed by atoms with Crippen LogP contribution in [-0.4, -0.2) is 51.4 Å². The molecule has 0 radical (unpaired) electrons. The van der Waals surface area contributed by atoms with E-state index in [9.17, 15) is 9.59 Å². The van der Waals surface area contributed by atoms with Gasteiger partial charge in [0, 0.05) is 49.2 Å². The number of H-pyrrole nitrogens is 1. The van der Waals surface area contributed by atoms with Gasteiger partial charge in [-0.2, -0.15) is 0 Å². The molecule has 8 nitrogen and oxygen atoms in total. The van der Waals surface area contributed by atoms with Crippen LogP contribution in [0.4, 0.5) is 10.6 Å². The van der Waals surface area contributed by atoms with Crippen LogP contribution in [0, 0.1) is 0 Å². The fourth-order valence-electron chi connectivity index (χ4n) is 4.44. The minimum Gasteiger partial charge on any atom is -0.389 e. The molecular formula is C27H29N5O3. The number of nitrogens with zero attached hydrogens (tertiary/aromatic N) is 3. The zero-order valence-corrected chi connectivity index (χ0v) is 19.8. The Hall–Kier alpha value is -4.07. The van der Waals surface area contributed by atoms with E-state index in [1.807, 2.05) is 47.2 Å². The highest BCUT2D eigenvalue weighted by Crippen LogP contribution is 2.30. The topological polar surface area (TPSA) is 92.2 Å². The summed E-state index contributed by atoms with van der Waals surface area (Å²) in [6, 6.07) is 17.2. The van der Waals surface area contributed by atoms with E-state index in [-0.39, 0.29) is 12.3 Å². The number of hydrogen-bond acceptors (Lipinski definition) is 5. The number of fused-ring (bicyclic) bond motifs is 2. The molecular weight excluding hydrogens is 442 g/mol. The van der Waals surface area contributed by atoms with E-state index < -0.39 is 6.09 Å². The Kier molecular flexibility index (Phi) is 6.52. The number of hydrogen-bond donors (Lipinski definition) is 2. The van der Waals surface area contributed by atoms with Gasteiger partial charge in [0.2, 0.25) is 5.88 Å². The number of rotatable bonds is 8. The lowest BCUT2D eigenvalue weighted by Crippen LogP contribution is -2.32. The van der Waals surface area contributed by atoms with Crippen molar-refractivity contribution < 1.29 is 14.3 Å². The molecule has 1 aliphatic rings. The molecule has 0 bridgehead atoms. The Labute approximate surface area is 203 Å². The maximum atomic E-state index is 13.0. The van der Waals surface area contributed by atoms with Crippen LogP contribution in [0.2, 0.25) is 0 Å². The molecule has 3 heterocycles. The molecule has 0 aliphatic carbocycles. The molecule has 0 unspecified atom stereocenters. The summed E-state index contributed by atoms with van der Waals surface area (Å²) in [5.74, 6) is 1.63. The Bertz CT molecular complexity index is 1340. The third-order valence-corrected chi connectivity index (χ3v) is 6.43. The molecule has 2 N–H and O–H groups in total. The SMILES string of the molecule is CN(CCc1c[nH]c2ccccc12)C(=O)Oc1c(NCC(=O)c2ccccc2)nc2n1CCCC2. The average Bonchev–Trinajstić information content (AvgIpc) is 3.47. The fraction of sp³-hybridized carbons (Fsp3) is 0.296. The molecule has 2 aromatic carbocycles. The summed E-state index contributed by atoms with van der Waals surface area (Å²) in [4.78, 5) is 35.1. The molecule has 1 aliphatic heterocycles. The lowest BCUT2D eigenvalue weighted by molar-refractivity contribution is 0.101. The maximum Gasteiger partial charge on any atom is 0.416 e. The number of amides is 1. The van der Waals surface area contributed by atoms with Gasteiger partial charge in [-0.1, -0.05) is 48.5 Å². The van der Waals surface area contributed by atoms with Crippen molar-refractivity contribution in [3.63, 3.8) is 0 Å². The van der Waals surface area contributed by atoms with Gasteiger partial charge in [-0.15, -0.1) is 0 Å². The number of carbonyl (C=O) groups is 2. The van der Waals surface area contributed by atoms with Crippen LogP contribution >= 0.6 is 0 Å². The van der Waals surface area contributed by atoms with Crippen molar-refractivity contribution >= 4 is 28.6 Å². The minimum atomic E-state index is -0.449. The largest absolute Gasteiger partial charge is 0.416 e. The monoisotopic (exact) mass is 471 g/mol. The lowest BCUT2D eigenvalue weighted by Gasteiger charge is -2.19. The number of para-hydroxylation sites is 1. The van der Waals surface area contributed by atoms with Gasteiger partial charge in [-0.05, 0) is 30.9 Å². The van der Waals surface area contributed by atoms with Crippen LogP contribution in [0.1, 0.15) is 34.6 Å². The molecule has 180 valence electrons. The van der Waals surface area contributed by atoms with Crippen molar-refractivity contribution in [1.82, 2.24) is 19.4 Å². The van der Waals surface area contributed by atoms with Gasteiger partial charge in [0.25, 0.3) is 0 Å². The number of imidazole rings is 1. The number of carbonyl (C=O) groups excluding carboxylic acids is 2. The molecule has 5 rings (SSSR count). The van der Waals surface area contributed by atoms with Crippen LogP contribution < -0.4 is 10.1 Å². The smallest absolute Gasteiger partial charge is 0.389 e. The van der Waals surface area contributed by atoms with Crippen molar-refractivity contribution in [3.8, 4) is 5.88 Å². The molecule has 1 amide bonds. The number of ether oxygens (including phenoxy) is 1. The van der Waals surface area contributed by atoms with Crippen molar-refractivity contribution in [2.75, 3.05) is 25.5 Å². The van der Waals surface area contributed by atoms with E-state index in [4.69, 9.17) is 4.74 Å². The van der Waals surface area contributed by atoms with Crippen molar-refractivity contribution in [2.24, 2.45) is 0 Å². The first-order valence-electron chi connectivity index (χ1n) is 12.0. The summed E-state index contributed by atoms with van der Waals surface area (Å²) in [7, 11) is 1.73. The Morgan fingerprint density at radius 3 is 2.77 bits per heavy atom. The number of ketones is 1. The third kappa shape index (κ3) is 4.91. The third-order valence-electron chi connectivity index (χ3n) is 6.43. The molecule has 0 atom stereocenters. The highest BCUT2D eigenvalue weighted by atomic mass is 16.6. The number of likely N-dealkylation sites (N-methyl/N-ethyl adjacent to an activating group) is 1. The number of benzene rings is 2. The van der Waals surface area contributed by atoms with E-state index >= 15 is 0 Å².